The zero-order valence-corrected chi connectivity index (χ0v) is 10.3. The average molecular weight is 250 g/mol. The molecule has 1 aromatic rings. The van der Waals surface area contributed by atoms with Crippen molar-refractivity contribution >= 4 is 5.91 Å². The minimum absolute atomic E-state index is 0.277. The molecule has 2 aliphatic heterocycles. The monoisotopic (exact) mass is 250 g/mol. The highest BCUT2D eigenvalue weighted by Crippen LogP contribution is 2.27. The van der Waals surface area contributed by atoms with Gasteiger partial charge in [-0.3, -0.25) is 4.79 Å². The molecule has 0 aromatic carbocycles. The Labute approximate surface area is 106 Å². The number of amides is 1. The predicted octanol–water partition coefficient (Wildman–Crippen LogP) is -0.726. The van der Waals surface area contributed by atoms with E-state index in [0.29, 0.717) is 24.9 Å². The van der Waals surface area contributed by atoms with Gasteiger partial charge in [-0.15, -0.1) is 5.10 Å². The van der Waals surface area contributed by atoms with Gasteiger partial charge >= 0.3 is 0 Å². The molecule has 1 N–H and O–H groups in total. The van der Waals surface area contributed by atoms with E-state index < -0.39 is 0 Å². The van der Waals surface area contributed by atoms with Crippen LogP contribution < -0.4 is 5.32 Å². The van der Waals surface area contributed by atoms with Crippen molar-refractivity contribution in [3.8, 4) is 0 Å². The van der Waals surface area contributed by atoms with Crippen molar-refractivity contribution in [1.29, 1.82) is 0 Å². The van der Waals surface area contributed by atoms with Crippen LogP contribution in [0.3, 0.4) is 0 Å². The van der Waals surface area contributed by atoms with E-state index in [1.165, 1.54) is 0 Å². The molecule has 2 aliphatic rings. The molecule has 1 aromatic heterocycles. The number of carbonyl (C=O) groups excluding carboxylic acids is 1. The fourth-order valence-electron chi connectivity index (χ4n) is 2.98. The first-order chi connectivity index (χ1) is 8.84. The van der Waals surface area contributed by atoms with Crippen molar-refractivity contribution in [2.75, 3.05) is 19.6 Å². The zero-order chi connectivity index (χ0) is 12.4. The largest absolute Gasteiger partial charge is 0.338 e. The van der Waals surface area contributed by atoms with Crippen LogP contribution in [0.5, 0.6) is 0 Å². The standard InChI is InChI=1S/C11H18N6O/c18-11(2-1-4-16-8-13-14-15-16)17-5-3-9-6-12-7-10(9)17/h8-10,12H,1-7H2/t9-,10+/m0/s1. The van der Waals surface area contributed by atoms with E-state index in [2.05, 4.69) is 25.7 Å². The number of hydrogen-bond donors (Lipinski definition) is 1. The number of nitrogens with one attached hydrogen (secondary N) is 1. The van der Waals surface area contributed by atoms with E-state index >= 15 is 0 Å². The van der Waals surface area contributed by atoms with Crippen molar-refractivity contribution < 1.29 is 4.79 Å². The molecule has 7 heteroatoms. The van der Waals surface area contributed by atoms with Crippen molar-refractivity contribution in [2.45, 2.75) is 31.8 Å². The molecule has 0 saturated carbocycles. The minimum Gasteiger partial charge on any atom is -0.338 e. The summed E-state index contributed by atoms with van der Waals surface area (Å²) < 4.78 is 1.66. The Kier molecular flexibility index (Phi) is 3.22. The van der Waals surface area contributed by atoms with E-state index in [-0.39, 0.29) is 5.91 Å². The van der Waals surface area contributed by atoms with E-state index in [9.17, 15) is 4.79 Å². The van der Waals surface area contributed by atoms with Crippen LogP contribution in [0.4, 0.5) is 0 Å². The van der Waals surface area contributed by atoms with Crippen molar-refractivity contribution in [3.05, 3.63) is 6.33 Å². The molecule has 0 aliphatic carbocycles. The lowest BCUT2D eigenvalue weighted by molar-refractivity contribution is -0.132. The predicted molar refractivity (Wildman–Crippen MR) is 63.5 cm³/mol. The maximum atomic E-state index is 12.2. The van der Waals surface area contributed by atoms with Gasteiger partial charge in [-0.2, -0.15) is 0 Å². The summed E-state index contributed by atoms with van der Waals surface area (Å²) in [4.78, 5) is 14.2. The summed E-state index contributed by atoms with van der Waals surface area (Å²) in [6, 6.07) is 0.436. The van der Waals surface area contributed by atoms with Crippen LogP contribution in [-0.4, -0.2) is 56.7 Å². The fourth-order valence-corrected chi connectivity index (χ4v) is 2.98. The number of tetrazole rings is 1. The smallest absolute Gasteiger partial charge is 0.222 e. The maximum Gasteiger partial charge on any atom is 0.222 e. The minimum atomic E-state index is 0.277. The SMILES string of the molecule is O=C(CCCn1cnnn1)N1CC[C@H]2CNC[C@H]21. The normalized spacial score (nSPS) is 26.6. The summed E-state index contributed by atoms with van der Waals surface area (Å²) in [6.45, 7) is 3.67. The van der Waals surface area contributed by atoms with Crippen molar-refractivity contribution in [1.82, 2.24) is 30.4 Å². The van der Waals surface area contributed by atoms with Crippen LogP contribution in [0.15, 0.2) is 6.33 Å². The molecule has 18 heavy (non-hydrogen) atoms. The first kappa shape index (κ1) is 11.6. The molecule has 0 spiro atoms. The molecule has 7 nitrogen and oxygen atoms in total. The first-order valence-electron chi connectivity index (χ1n) is 6.55. The molecule has 0 radical (unpaired) electrons. The number of aryl methyl sites for hydroxylation is 1. The van der Waals surface area contributed by atoms with Crippen LogP contribution in [0, 0.1) is 5.92 Å². The second-order valence-electron chi connectivity index (χ2n) is 5.04. The van der Waals surface area contributed by atoms with Gasteiger partial charge in [0.1, 0.15) is 6.33 Å². The number of hydrogen-bond acceptors (Lipinski definition) is 5. The maximum absolute atomic E-state index is 12.2. The van der Waals surface area contributed by atoms with E-state index in [1.807, 2.05) is 0 Å². The molecular formula is C11H18N6O. The summed E-state index contributed by atoms with van der Waals surface area (Å²) in [5.74, 6) is 0.952. The third-order valence-electron chi connectivity index (χ3n) is 3.93. The van der Waals surface area contributed by atoms with Gasteiger partial charge in [0.15, 0.2) is 0 Å². The van der Waals surface area contributed by atoms with Gasteiger partial charge in [0, 0.05) is 38.6 Å². The van der Waals surface area contributed by atoms with E-state index in [0.717, 1.165) is 32.5 Å². The molecular weight excluding hydrogens is 232 g/mol. The second kappa shape index (κ2) is 5.01. The number of carbonyl (C=O) groups is 1. The molecule has 3 heterocycles. The first-order valence-corrected chi connectivity index (χ1v) is 6.55. The number of rotatable bonds is 4. The van der Waals surface area contributed by atoms with Gasteiger partial charge in [0.2, 0.25) is 5.91 Å². The van der Waals surface area contributed by atoms with Crippen LogP contribution in [-0.2, 0) is 11.3 Å². The Morgan fingerprint density at radius 1 is 1.44 bits per heavy atom. The van der Waals surface area contributed by atoms with Crippen LogP contribution in [0.25, 0.3) is 0 Å². The quantitative estimate of drug-likeness (QED) is 0.762. The lowest BCUT2D eigenvalue weighted by atomic mass is 10.1. The highest BCUT2D eigenvalue weighted by atomic mass is 16.2. The third-order valence-corrected chi connectivity index (χ3v) is 3.93. The summed E-state index contributed by atoms with van der Waals surface area (Å²) in [5, 5.41) is 14.3. The van der Waals surface area contributed by atoms with Crippen LogP contribution >= 0.6 is 0 Å². The molecule has 2 saturated heterocycles. The zero-order valence-electron chi connectivity index (χ0n) is 10.3. The Balaban J connectivity index is 1.47. The van der Waals surface area contributed by atoms with E-state index in [1.54, 1.807) is 11.0 Å². The van der Waals surface area contributed by atoms with Crippen LogP contribution in [0.2, 0.25) is 0 Å². The molecule has 2 fully saturated rings. The lowest BCUT2D eigenvalue weighted by Gasteiger charge is -2.23. The Hall–Kier alpha value is -1.50. The third kappa shape index (κ3) is 2.22. The molecule has 0 unspecified atom stereocenters. The van der Waals surface area contributed by atoms with Gasteiger partial charge in [-0.05, 0) is 29.2 Å². The fraction of sp³-hybridized carbons (Fsp3) is 0.818. The Morgan fingerprint density at radius 2 is 2.39 bits per heavy atom. The number of nitrogens with zero attached hydrogens (tertiary/aromatic N) is 5. The molecule has 2 atom stereocenters. The van der Waals surface area contributed by atoms with Crippen molar-refractivity contribution in [3.63, 3.8) is 0 Å². The lowest BCUT2D eigenvalue weighted by Crippen LogP contribution is -2.39. The summed E-state index contributed by atoms with van der Waals surface area (Å²) in [7, 11) is 0. The van der Waals surface area contributed by atoms with E-state index in [4.69, 9.17) is 0 Å². The number of likely N-dealkylation sites (tertiary alicyclic amines) is 1. The Bertz CT molecular complexity index is 406. The van der Waals surface area contributed by atoms with Crippen LogP contribution in [0.1, 0.15) is 19.3 Å². The molecule has 3 rings (SSSR count). The van der Waals surface area contributed by atoms with Crippen molar-refractivity contribution in [2.24, 2.45) is 5.92 Å². The Morgan fingerprint density at radius 3 is 3.22 bits per heavy atom. The molecule has 0 bridgehead atoms. The highest BCUT2D eigenvalue weighted by molar-refractivity contribution is 5.77. The van der Waals surface area contributed by atoms with Gasteiger partial charge in [-0.25, -0.2) is 4.68 Å². The van der Waals surface area contributed by atoms with Gasteiger partial charge in [0.05, 0.1) is 0 Å². The number of aromatic nitrogens is 4. The summed E-state index contributed by atoms with van der Waals surface area (Å²) in [6.07, 6.45) is 4.11. The average Bonchev–Trinajstić information content (AvgIpc) is 3.05. The van der Waals surface area contributed by atoms with Gasteiger partial charge in [0.25, 0.3) is 0 Å². The van der Waals surface area contributed by atoms with Gasteiger partial charge < -0.3 is 10.2 Å². The highest BCUT2D eigenvalue weighted by Gasteiger charge is 2.39. The summed E-state index contributed by atoms with van der Waals surface area (Å²) >= 11 is 0. The second-order valence-corrected chi connectivity index (χ2v) is 5.04. The molecule has 98 valence electrons. The summed E-state index contributed by atoms with van der Waals surface area (Å²) in [5.41, 5.74) is 0. The topological polar surface area (TPSA) is 75.9 Å². The molecule has 1 amide bonds. The number of fused-ring (bicyclic) bond motifs is 1. The van der Waals surface area contributed by atoms with Gasteiger partial charge in [-0.1, -0.05) is 0 Å².